The molecule has 100 valence electrons. The molecular formula is C15H10BrIN2O. The Balaban J connectivity index is 2.23. The van der Waals surface area contributed by atoms with Gasteiger partial charge in [-0.15, -0.1) is 0 Å². The minimum absolute atomic E-state index is 0.325. The molecule has 0 spiro atoms. The van der Waals surface area contributed by atoms with Gasteiger partial charge in [-0.2, -0.15) is 0 Å². The van der Waals surface area contributed by atoms with Crippen LogP contribution in [-0.2, 0) is 0 Å². The van der Waals surface area contributed by atoms with Crippen LogP contribution in [0.25, 0.3) is 22.4 Å². The molecule has 0 aliphatic heterocycles. The van der Waals surface area contributed by atoms with Crippen LogP contribution < -0.4 is 5.73 Å². The molecule has 0 aliphatic carbocycles. The van der Waals surface area contributed by atoms with E-state index in [1.807, 2.05) is 42.5 Å². The SMILES string of the molecule is Nc1onc(-c2cccc(I)c2)c1-c1ccccc1Br. The fourth-order valence-corrected chi connectivity index (χ4v) is 3.09. The second-order valence-corrected chi connectivity index (χ2v) is 6.36. The Labute approximate surface area is 138 Å². The maximum atomic E-state index is 5.97. The van der Waals surface area contributed by atoms with Crippen LogP contribution >= 0.6 is 38.5 Å². The summed E-state index contributed by atoms with van der Waals surface area (Å²) in [6.45, 7) is 0. The Hall–Kier alpha value is -1.34. The summed E-state index contributed by atoms with van der Waals surface area (Å²) in [5.41, 5.74) is 9.50. The van der Waals surface area contributed by atoms with Gasteiger partial charge in [0.15, 0.2) is 0 Å². The molecule has 1 heterocycles. The van der Waals surface area contributed by atoms with E-state index in [4.69, 9.17) is 10.3 Å². The Morgan fingerprint density at radius 2 is 1.90 bits per heavy atom. The largest absolute Gasteiger partial charge is 0.367 e. The first-order valence-corrected chi connectivity index (χ1v) is 7.80. The molecule has 0 bridgehead atoms. The van der Waals surface area contributed by atoms with E-state index < -0.39 is 0 Å². The smallest absolute Gasteiger partial charge is 0.230 e. The Morgan fingerprint density at radius 1 is 1.10 bits per heavy atom. The third kappa shape index (κ3) is 2.47. The van der Waals surface area contributed by atoms with Gasteiger partial charge in [-0.1, -0.05) is 51.4 Å². The number of nitrogen functional groups attached to an aromatic ring is 1. The average Bonchev–Trinajstić information content (AvgIpc) is 2.81. The summed E-state index contributed by atoms with van der Waals surface area (Å²) in [5.74, 6) is 0.325. The van der Waals surface area contributed by atoms with Crippen LogP contribution in [0, 0.1) is 3.57 Å². The molecule has 0 amide bonds. The first kappa shape index (κ1) is 13.6. The minimum atomic E-state index is 0.325. The molecule has 0 atom stereocenters. The highest BCUT2D eigenvalue weighted by Crippen LogP contribution is 2.39. The quantitative estimate of drug-likeness (QED) is 0.573. The summed E-state index contributed by atoms with van der Waals surface area (Å²) in [6.07, 6.45) is 0. The van der Waals surface area contributed by atoms with E-state index in [9.17, 15) is 0 Å². The number of nitrogens with zero attached hydrogens (tertiary/aromatic N) is 1. The van der Waals surface area contributed by atoms with Crippen molar-refractivity contribution in [2.45, 2.75) is 0 Å². The zero-order valence-electron chi connectivity index (χ0n) is 10.3. The normalized spacial score (nSPS) is 10.7. The van der Waals surface area contributed by atoms with Crippen molar-refractivity contribution < 1.29 is 4.52 Å². The molecule has 3 rings (SSSR count). The Morgan fingerprint density at radius 3 is 2.65 bits per heavy atom. The van der Waals surface area contributed by atoms with Crippen LogP contribution in [0.15, 0.2) is 57.5 Å². The van der Waals surface area contributed by atoms with E-state index in [-0.39, 0.29) is 0 Å². The van der Waals surface area contributed by atoms with Gasteiger partial charge in [0.1, 0.15) is 5.69 Å². The lowest BCUT2D eigenvalue weighted by Gasteiger charge is -2.05. The molecule has 5 heteroatoms. The molecule has 0 saturated heterocycles. The molecule has 1 aromatic heterocycles. The standard InChI is InChI=1S/C15H10BrIN2O/c16-12-7-2-1-6-11(12)13-14(19-20-15(13)18)9-4-3-5-10(17)8-9/h1-8H,18H2. The zero-order chi connectivity index (χ0) is 14.1. The summed E-state index contributed by atoms with van der Waals surface area (Å²) in [4.78, 5) is 0. The van der Waals surface area contributed by atoms with Gasteiger partial charge in [-0.3, -0.25) is 0 Å². The van der Waals surface area contributed by atoms with Gasteiger partial charge in [0.05, 0.1) is 5.56 Å². The van der Waals surface area contributed by atoms with Crippen LogP contribution in [0.1, 0.15) is 0 Å². The maximum Gasteiger partial charge on any atom is 0.230 e. The number of aromatic nitrogens is 1. The molecule has 0 aliphatic rings. The van der Waals surface area contributed by atoms with Crippen molar-refractivity contribution in [3.8, 4) is 22.4 Å². The highest BCUT2D eigenvalue weighted by Gasteiger charge is 2.19. The second-order valence-electron chi connectivity index (χ2n) is 4.26. The van der Waals surface area contributed by atoms with Crippen molar-refractivity contribution in [1.82, 2.24) is 5.16 Å². The van der Waals surface area contributed by atoms with Gasteiger partial charge < -0.3 is 10.3 Å². The first-order chi connectivity index (χ1) is 9.66. The molecule has 2 N–H and O–H groups in total. The first-order valence-electron chi connectivity index (χ1n) is 5.93. The lowest BCUT2D eigenvalue weighted by Crippen LogP contribution is -1.89. The second kappa shape index (κ2) is 5.57. The summed E-state index contributed by atoms with van der Waals surface area (Å²) in [7, 11) is 0. The van der Waals surface area contributed by atoms with E-state index in [2.05, 4.69) is 49.7 Å². The van der Waals surface area contributed by atoms with Gasteiger partial charge >= 0.3 is 0 Å². The van der Waals surface area contributed by atoms with Crippen LogP contribution in [0.4, 0.5) is 5.88 Å². The van der Waals surface area contributed by atoms with Gasteiger partial charge in [-0.25, -0.2) is 0 Å². The summed E-state index contributed by atoms with van der Waals surface area (Å²) < 4.78 is 7.30. The van der Waals surface area contributed by atoms with Gasteiger partial charge in [0.2, 0.25) is 5.88 Å². The van der Waals surface area contributed by atoms with E-state index in [1.165, 1.54) is 0 Å². The number of hydrogen-bond donors (Lipinski definition) is 1. The summed E-state index contributed by atoms with van der Waals surface area (Å²) >= 11 is 5.82. The van der Waals surface area contributed by atoms with Gasteiger partial charge in [0, 0.05) is 19.2 Å². The predicted octanol–water partition coefficient (Wildman–Crippen LogP) is 4.96. The summed E-state index contributed by atoms with van der Waals surface area (Å²) in [6, 6.07) is 16.0. The van der Waals surface area contributed by atoms with E-state index >= 15 is 0 Å². The molecular weight excluding hydrogens is 431 g/mol. The minimum Gasteiger partial charge on any atom is -0.367 e. The highest BCUT2D eigenvalue weighted by atomic mass is 127. The fourth-order valence-electron chi connectivity index (χ4n) is 2.06. The third-order valence-electron chi connectivity index (χ3n) is 2.96. The number of benzene rings is 2. The molecule has 2 aromatic carbocycles. The number of halogens is 2. The fraction of sp³-hybridized carbons (Fsp3) is 0. The van der Waals surface area contributed by atoms with E-state index in [0.29, 0.717) is 5.88 Å². The van der Waals surface area contributed by atoms with Crippen LogP contribution in [0.2, 0.25) is 0 Å². The van der Waals surface area contributed by atoms with Gasteiger partial charge in [0.25, 0.3) is 0 Å². The van der Waals surface area contributed by atoms with Gasteiger partial charge in [-0.05, 0) is 40.8 Å². The number of nitrogens with two attached hydrogens (primary N) is 1. The Bertz CT molecular complexity index is 770. The molecule has 0 unspecified atom stereocenters. The van der Waals surface area contributed by atoms with Crippen molar-refractivity contribution in [1.29, 1.82) is 0 Å². The number of anilines is 1. The monoisotopic (exact) mass is 440 g/mol. The highest BCUT2D eigenvalue weighted by molar-refractivity contribution is 14.1. The van der Waals surface area contributed by atoms with E-state index in [1.54, 1.807) is 0 Å². The molecule has 0 fully saturated rings. The summed E-state index contributed by atoms with van der Waals surface area (Å²) in [5, 5.41) is 4.12. The third-order valence-corrected chi connectivity index (χ3v) is 4.32. The number of rotatable bonds is 2. The number of hydrogen-bond acceptors (Lipinski definition) is 3. The average molecular weight is 441 g/mol. The van der Waals surface area contributed by atoms with Crippen molar-refractivity contribution in [2.24, 2.45) is 0 Å². The van der Waals surface area contributed by atoms with Crippen molar-refractivity contribution >= 4 is 44.4 Å². The van der Waals surface area contributed by atoms with Crippen LogP contribution in [0.5, 0.6) is 0 Å². The molecule has 0 saturated carbocycles. The lowest BCUT2D eigenvalue weighted by molar-refractivity contribution is 0.439. The molecule has 3 aromatic rings. The lowest BCUT2D eigenvalue weighted by atomic mass is 10.0. The predicted molar refractivity (Wildman–Crippen MR) is 92.2 cm³/mol. The van der Waals surface area contributed by atoms with Crippen LogP contribution in [0.3, 0.4) is 0 Å². The topological polar surface area (TPSA) is 52.0 Å². The van der Waals surface area contributed by atoms with Crippen molar-refractivity contribution in [2.75, 3.05) is 5.73 Å². The van der Waals surface area contributed by atoms with Crippen molar-refractivity contribution in [3.63, 3.8) is 0 Å². The van der Waals surface area contributed by atoms with Crippen LogP contribution in [-0.4, -0.2) is 5.16 Å². The van der Waals surface area contributed by atoms with E-state index in [0.717, 1.165) is 30.4 Å². The zero-order valence-corrected chi connectivity index (χ0v) is 14.1. The molecule has 3 nitrogen and oxygen atoms in total. The maximum absolute atomic E-state index is 5.97. The Kier molecular flexibility index (Phi) is 3.80. The molecule has 0 radical (unpaired) electrons. The van der Waals surface area contributed by atoms with Crippen molar-refractivity contribution in [3.05, 3.63) is 56.6 Å². The molecule has 20 heavy (non-hydrogen) atoms.